The maximum Gasteiger partial charge on any atom is 0.248 e. The molecule has 0 saturated heterocycles. The molecule has 5 nitrogen and oxygen atoms in total. The van der Waals surface area contributed by atoms with Gasteiger partial charge in [-0.15, -0.1) is 0 Å². The molecule has 0 aromatic heterocycles. The van der Waals surface area contributed by atoms with Crippen molar-refractivity contribution in [3.8, 4) is 0 Å². The molecule has 0 aliphatic carbocycles. The minimum Gasteiger partial charge on any atom is -0.322 e. The van der Waals surface area contributed by atoms with Crippen molar-refractivity contribution in [3.05, 3.63) is 48.1 Å². The van der Waals surface area contributed by atoms with Crippen molar-refractivity contribution in [3.63, 3.8) is 0 Å². The quantitative estimate of drug-likeness (QED) is 0.644. The highest BCUT2D eigenvalue weighted by molar-refractivity contribution is 7.89. The third-order valence-corrected chi connectivity index (χ3v) is 4.12. The number of sulfonamides is 1. The number of amides is 1. The molecule has 0 aliphatic heterocycles. The summed E-state index contributed by atoms with van der Waals surface area (Å²) in [6, 6.07) is 4.74. The van der Waals surface area contributed by atoms with Crippen LogP contribution < -0.4 is 10.0 Å². The van der Waals surface area contributed by atoms with E-state index < -0.39 is 10.0 Å². The maximum atomic E-state index is 11.8. The Morgan fingerprint density at radius 2 is 1.95 bits per heavy atom. The van der Waals surface area contributed by atoms with Crippen LogP contribution in [0.5, 0.6) is 0 Å². The molecule has 2 N–H and O–H groups in total. The second-order valence-corrected chi connectivity index (χ2v) is 5.92. The summed E-state index contributed by atoms with van der Waals surface area (Å²) in [6.07, 6.45) is 6.50. The Kier molecular flexibility index (Phi) is 5.66. The topological polar surface area (TPSA) is 75.3 Å². The lowest BCUT2D eigenvalue weighted by Gasteiger charge is -2.09. The van der Waals surface area contributed by atoms with Gasteiger partial charge in [0, 0.05) is 11.8 Å². The standard InChI is InChI=1S/C14H18N2O3S/c1-4-5-6-7-14(17)16-12-9-8-11(2)13(10-12)20(18,19)15-3/h4-10,15H,1-3H3,(H,16,17). The number of carbonyl (C=O) groups excluding carboxylic acids is 1. The summed E-state index contributed by atoms with van der Waals surface area (Å²) in [5.41, 5.74) is 1.04. The molecule has 0 aliphatic rings. The fourth-order valence-electron chi connectivity index (χ4n) is 1.52. The van der Waals surface area contributed by atoms with E-state index in [1.165, 1.54) is 19.2 Å². The first-order valence-corrected chi connectivity index (χ1v) is 7.53. The van der Waals surface area contributed by atoms with Gasteiger partial charge in [0.2, 0.25) is 15.9 Å². The molecule has 20 heavy (non-hydrogen) atoms. The Balaban J connectivity index is 3.00. The Labute approximate surface area is 119 Å². The molecule has 1 aromatic rings. The van der Waals surface area contributed by atoms with Crippen LogP contribution in [0, 0.1) is 6.92 Å². The van der Waals surface area contributed by atoms with Gasteiger partial charge in [0.25, 0.3) is 0 Å². The third kappa shape index (κ3) is 4.32. The first-order valence-electron chi connectivity index (χ1n) is 6.05. The molecule has 0 radical (unpaired) electrons. The van der Waals surface area contributed by atoms with E-state index in [1.54, 1.807) is 37.3 Å². The number of hydrogen-bond acceptors (Lipinski definition) is 3. The number of allylic oxidation sites excluding steroid dienone is 3. The molecule has 0 saturated carbocycles. The highest BCUT2D eigenvalue weighted by Crippen LogP contribution is 2.19. The van der Waals surface area contributed by atoms with Crippen molar-refractivity contribution in [2.45, 2.75) is 18.7 Å². The molecular weight excluding hydrogens is 276 g/mol. The van der Waals surface area contributed by atoms with Crippen molar-refractivity contribution in [2.24, 2.45) is 0 Å². The van der Waals surface area contributed by atoms with E-state index >= 15 is 0 Å². The first kappa shape index (κ1) is 16.1. The molecule has 1 aromatic carbocycles. The van der Waals surface area contributed by atoms with Gasteiger partial charge in [0.05, 0.1) is 4.90 Å². The van der Waals surface area contributed by atoms with Crippen molar-refractivity contribution >= 4 is 21.6 Å². The zero-order valence-corrected chi connectivity index (χ0v) is 12.5. The van der Waals surface area contributed by atoms with E-state index in [4.69, 9.17) is 0 Å². The van der Waals surface area contributed by atoms with Gasteiger partial charge in [-0.2, -0.15) is 0 Å². The normalized spacial score (nSPS) is 12.2. The molecule has 1 amide bonds. The summed E-state index contributed by atoms with van der Waals surface area (Å²) in [6.45, 7) is 3.54. The Bertz CT molecular complexity index is 646. The molecule has 6 heteroatoms. The largest absolute Gasteiger partial charge is 0.322 e. The van der Waals surface area contributed by atoms with Crippen molar-refractivity contribution in [1.82, 2.24) is 4.72 Å². The van der Waals surface area contributed by atoms with Crippen LogP contribution in [0.4, 0.5) is 5.69 Å². The summed E-state index contributed by atoms with van der Waals surface area (Å²) in [7, 11) is -2.19. The number of rotatable bonds is 5. The summed E-state index contributed by atoms with van der Waals surface area (Å²) >= 11 is 0. The van der Waals surface area contributed by atoms with E-state index in [9.17, 15) is 13.2 Å². The van der Waals surface area contributed by atoms with Gasteiger partial charge in [0.1, 0.15) is 0 Å². The van der Waals surface area contributed by atoms with Crippen LogP contribution in [-0.2, 0) is 14.8 Å². The average Bonchev–Trinajstić information content (AvgIpc) is 2.41. The zero-order valence-electron chi connectivity index (χ0n) is 11.7. The number of aryl methyl sites for hydroxylation is 1. The summed E-state index contributed by atoms with van der Waals surface area (Å²) in [4.78, 5) is 11.8. The lowest BCUT2D eigenvalue weighted by molar-refractivity contribution is -0.111. The second kappa shape index (κ2) is 7.02. The van der Waals surface area contributed by atoms with Crippen LogP contribution in [0.3, 0.4) is 0 Å². The van der Waals surface area contributed by atoms with Crippen LogP contribution in [0.1, 0.15) is 12.5 Å². The summed E-state index contributed by atoms with van der Waals surface area (Å²) < 4.78 is 25.9. The highest BCUT2D eigenvalue weighted by atomic mass is 32.2. The van der Waals surface area contributed by atoms with E-state index in [1.807, 2.05) is 6.92 Å². The predicted molar refractivity (Wildman–Crippen MR) is 80.0 cm³/mol. The predicted octanol–water partition coefficient (Wildman–Crippen LogP) is 1.97. The van der Waals surface area contributed by atoms with E-state index in [0.29, 0.717) is 11.3 Å². The molecule has 0 heterocycles. The number of carbonyl (C=O) groups is 1. The molecule has 0 unspecified atom stereocenters. The summed E-state index contributed by atoms with van der Waals surface area (Å²) in [5.74, 6) is -0.320. The monoisotopic (exact) mass is 294 g/mol. The number of hydrogen-bond donors (Lipinski definition) is 2. The lowest BCUT2D eigenvalue weighted by Crippen LogP contribution is -2.20. The van der Waals surface area contributed by atoms with Crippen LogP contribution in [-0.4, -0.2) is 21.4 Å². The first-order chi connectivity index (χ1) is 9.40. The van der Waals surface area contributed by atoms with Crippen molar-refractivity contribution < 1.29 is 13.2 Å². The van der Waals surface area contributed by atoms with Crippen molar-refractivity contribution in [2.75, 3.05) is 12.4 Å². The highest BCUT2D eigenvalue weighted by Gasteiger charge is 2.15. The van der Waals surface area contributed by atoms with Crippen molar-refractivity contribution in [1.29, 1.82) is 0 Å². The molecule has 1 rings (SSSR count). The zero-order chi connectivity index (χ0) is 15.2. The minimum absolute atomic E-state index is 0.148. The van der Waals surface area contributed by atoms with Crippen LogP contribution >= 0.6 is 0 Å². The van der Waals surface area contributed by atoms with Crippen LogP contribution in [0.2, 0.25) is 0 Å². The Morgan fingerprint density at radius 3 is 2.55 bits per heavy atom. The second-order valence-electron chi connectivity index (χ2n) is 4.06. The third-order valence-electron chi connectivity index (χ3n) is 2.57. The maximum absolute atomic E-state index is 11.8. The Morgan fingerprint density at radius 1 is 1.25 bits per heavy atom. The molecular formula is C14H18N2O3S. The molecule has 0 atom stereocenters. The molecule has 0 spiro atoms. The van der Waals surface area contributed by atoms with E-state index in [0.717, 1.165) is 0 Å². The number of anilines is 1. The van der Waals surface area contributed by atoms with Gasteiger partial charge in [-0.05, 0) is 38.6 Å². The number of benzene rings is 1. The van der Waals surface area contributed by atoms with E-state index in [-0.39, 0.29) is 10.8 Å². The van der Waals surface area contributed by atoms with Gasteiger partial charge >= 0.3 is 0 Å². The summed E-state index contributed by atoms with van der Waals surface area (Å²) in [5, 5.41) is 2.61. The SMILES string of the molecule is CC=CC=CC(=O)Nc1ccc(C)c(S(=O)(=O)NC)c1. The lowest BCUT2D eigenvalue weighted by atomic mass is 10.2. The Hall–Kier alpha value is -1.92. The minimum atomic E-state index is -3.54. The van der Waals surface area contributed by atoms with Gasteiger partial charge in [-0.25, -0.2) is 13.1 Å². The average molecular weight is 294 g/mol. The molecule has 0 fully saturated rings. The van der Waals surface area contributed by atoms with Gasteiger partial charge in [0.15, 0.2) is 0 Å². The van der Waals surface area contributed by atoms with Crippen LogP contribution in [0.15, 0.2) is 47.4 Å². The molecule has 108 valence electrons. The van der Waals surface area contributed by atoms with Gasteiger partial charge < -0.3 is 5.32 Å². The van der Waals surface area contributed by atoms with Gasteiger partial charge in [-0.3, -0.25) is 4.79 Å². The fourth-order valence-corrected chi connectivity index (χ4v) is 2.51. The number of nitrogens with one attached hydrogen (secondary N) is 2. The van der Waals surface area contributed by atoms with Gasteiger partial charge in [-0.1, -0.05) is 24.3 Å². The smallest absolute Gasteiger partial charge is 0.248 e. The van der Waals surface area contributed by atoms with E-state index in [2.05, 4.69) is 10.0 Å². The fraction of sp³-hybridized carbons (Fsp3) is 0.214. The molecule has 0 bridgehead atoms. The van der Waals surface area contributed by atoms with Crippen LogP contribution in [0.25, 0.3) is 0 Å².